The third kappa shape index (κ3) is 4.23. The summed E-state index contributed by atoms with van der Waals surface area (Å²) in [6.45, 7) is 8.36. The second-order valence-electron chi connectivity index (χ2n) is 6.27. The number of amides is 1. The molecule has 1 unspecified atom stereocenters. The number of likely N-dealkylation sites (tertiary alicyclic amines) is 1. The van der Waals surface area contributed by atoms with E-state index in [0.717, 1.165) is 37.2 Å². The Morgan fingerprint density at radius 2 is 2.14 bits per heavy atom. The molecule has 122 valence electrons. The van der Waals surface area contributed by atoms with E-state index in [4.69, 9.17) is 4.74 Å². The highest BCUT2D eigenvalue weighted by Crippen LogP contribution is 2.23. The molecule has 1 aliphatic heterocycles. The number of nitrogens with one attached hydrogen (secondary N) is 1. The fraction of sp³-hybridized carbons (Fsp3) is 0.611. The van der Waals surface area contributed by atoms with Gasteiger partial charge in [-0.2, -0.15) is 0 Å². The zero-order valence-electron chi connectivity index (χ0n) is 14.2. The predicted octanol–water partition coefficient (Wildman–Crippen LogP) is 2.59. The number of carbonyl (C=O) groups excluding carboxylic acids is 1. The lowest BCUT2D eigenvalue weighted by atomic mass is 10.1. The number of benzene rings is 1. The van der Waals surface area contributed by atoms with Crippen molar-refractivity contribution in [1.29, 1.82) is 0 Å². The maximum absolute atomic E-state index is 12.3. The zero-order chi connectivity index (χ0) is 16.1. The highest BCUT2D eigenvalue weighted by molar-refractivity contribution is 5.76. The Morgan fingerprint density at radius 3 is 2.86 bits per heavy atom. The summed E-state index contributed by atoms with van der Waals surface area (Å²) in [7, 11) is 1.96. The van der Waals surface area contributed by atoms with Gasteiger partial charge in [0.2, 0.25) is 5.91 Å². The van der Waals surface area contributed by atoms with Crippen LogP contribution in [-0.4, -0.2) is 43.6 Å². The topological polar surface area (TPSA) is 41.6 Å². The van der Waals surface area contributed by atoms with E-state index in [2.05, 4.69) is 32.2 Å². The van der Waals surface area contributed by atoms with E-state index in [0.29, 0.717) is 19.1 Å². The molecule has 22 heavy (non-hydrogen) atoms. The number of likely N-dealkylation sites (N-methyl/N-ethyl adjacent to an activating group) is 1. The quantitative estimate of drug-likeness (QED) is 0.909. The smallest absolute Gasteiger partial charge is 0.226 e. The van der Waals surface area contributed by atoms with Crippen LogP contribution in [0.5, 0.6) is 5.75 Å². The molecule has 0 aromatic heterocycles. The molecule has 1 atom stereocenters. The van der Waals surface area contributed by atoms with Gasteiger partial charge < -0.3 is 15.0 Å². The average Bonchev–Trinajstić information content (AvgIpc) is 2.51. The Bertz CT molecular complexity index is 528. The monoisotopic (exact) mass is 304 g/mol. The van der Waals surface area contributed by atoms with Crippen molar-refractivity contribution in [3.8, 4) is 5.75 Å². The molecule has 0 radical (unpaired) electrons. The number of nitrogens with zero attached hydrogens (tertiary/aromatic N) is 1. The highest BCUT2D eigenvalue weighted by Gasteiger charge is 2.22. The van der Waals surface area contributed by atoms with Crippen LogP contribution in [0.3, 0.4) is 0 Å². The third-order valence-electron chi connectivity index (χ3n) is 4.52. The molecule has 2 rings (SSSR count). The predicted molar refractivity (Wildman–Crippen MR) is 89.4 cm³/mol. The van der Waals surface area contributed by atoms with E-state index in [-0.39, 0.29) is 5.91 Å². The molecule has 0 saturated carbocycles. The van der Waals surface area contributed by atoms with Crippen LogP contribution in [0.15, 0.2) is 12.1 Å². The van der Waals surface area contributed by atoms with Gasteiger partial charge in [-0.1, -0.05) is 6.07 Å². The normalized spacial score (nSPS) is 18.4. The summed E-state index contributed by atoms with van der Waals surface area (Å²) in [5, 5.41) is 3.27. The summed E-state index contributed by atoms with van der Waals surface area (Å²) in [4.78, 5) is 14.2. The maximum Gasteiger partial charge on any atom is 0.226 e. The Labute approximate surface area is 133 Å². The van der Waals surface area contributed by atoms with Crippen molar-refractivity contribution < 1.29 is 9.53 Å². The minimum Gasteiger partial charge on any atom is -0.493 e. The van der Waals surface area contributed by atoms with Crippen LogP contribution >= 0.6 is 0 Å². The van der Waals surface area contributed by atoms with Gasteiger partial charge in [-0.05, 0) is 63.4 Å². The van der Waals surface area contributed by atoms with Crippen LogP contribution in [0.25, 0.3) is 0 Å². The summed E-state index contributed by atoms with van der Waals surface area (Å²) in [6, 6.07) is 4.63. The number of carbonyl (C=O) groups is 1. The van der Waals surface area contributed by atoms with Crippen molar-refractivity contribution in [2.75, 3.05) is 26.7 Å². The minimum atomic E-state index is 0.196. The van der Waals surface area contributed by atoms with E-state index in [9.17, 15) is 4.79 Å². The lowest BCUT2D eigenvalue weighted by Crippen LogP contribution is -2.47. The van der Waals surface area contributed by atoms with Gasteiger partial charge in [-0.15, -0.1) is 0 Å². The van der Waals surface area contributed by atoms with Crippen LogP contribution in [-0.2, 0) is 4.79 Å². The van der Waals surface area contributed by atoms with Gasteiger partial charge in [0.05, 0.1) is 13.0 Å². The molecular formula is C18H28N2O2. The molecule has 1 saturated heterocycles. The summed E-state index contributed by atoms with van der Waals surface area (Å²) in [5.41, 5.74) is 3.58. The second-order valence-corrected chi connectivity index (χ2v) is 6.27. The van der Waals surface area contributed by atoms with Crippen molar-refractivity contribution >= 4 is 5.91 Å². The SMILES string of the molecule is CNC1CCCN(C(=O)CCOc2cc(C)cc(C)c2C)C1. The lowest BCUT2D eigenvalue weighted by molar-refractivity contribution is -0.133. The van der Waals surface area contributed by atoms with Crippen molar-refractivity contribution in [3.63, 3.8) is 0 Å². The standard InChI is InChI=1S/C18H28N2O2/c1-13-10-14(2)15(3)17(11-13)22-9-7-18(21)20-8-5-6-16(12-20)19-4/h10-11,16,19H,5-9,12H2,1-4H3. The van der Waals surface area contributed by atoms with E-state index in [1.54, 1.807) is 0 Å². The lowest BCUT2D eigenvalue weighted by Gasteiger charge is -2.32. The van der Waals surface area contributed by atoms with E-state index >= 15 is 0 Å². The number of aryl methyl sites for hydroxylation is 2. The Morgan fingerprint density at radius 1 is 1.36 bits per heavy atom. The number of hydrogen-bond acceptors (Lipinski definition) is 3. The first-order valence-corrected chi connectivity index (χ1v) is 8.17. The molecule has 4 nitrogen and oxygen atoms in total. The molecule has 1 N–H and O–H groups in total. The van der Waals surface area contributed by atoms with E-state index < -0.39 is 0 Å². The second kappa shape index (κ2) is 7.63. The van der Waals surface area contributed by atoms with Crippen molar-refractivity contribution in [2.45, 2.75) is 46.1 Å². The van der Waals surface area contributed by atoms with Crippen LogP contribution in [0.1, 0.15) is 36.0 Å². The molecule has 0 bridgehead atoms. The van der Waals surface area contributed by atoms with Crippen LogP contribution < -0.4 is 10.1 Å². The third-order valence-corrected chi connectivity index (χ3v) is 4.52. The first-order chi connectivity index (χ1) is 10.5. The molecule has 4 heteroatoms. The Hall–Kier alpha value is -1.55. The van der Waals surface area contributed by atoms with Gasteiger partial charge in [-0.3, -0.25) is 4.79 Å². The number of hydrogen-bond donors (Lipinski definition) is 1. The van der Waals surface area contributed by atoms with Gasteiger partial charge in [0.15, 0.2) is 0 Å². The fourth-order valence-electron chi connectivity index (χ4n) is 3.00. The molecule has 0 spiro atoms. The summed E-state index contributed by atoms with van der Waals surface area (Å²) >= 11 is 0. The average molecular weight is 304 g/mol. The van der Waals surface area contributed by atoms with E-state index in [1.807, 2.05) is 18.0 Å². The van der Waals surface area contributed by atoms with E-state index in [1.165, 1.54) is 11.1 Å². The molecule has 1 fully saturated rings. The largest absolute Gasteiger partial charge is 0.493 e. The number of ether oxygens (including phenoxy) is 1. The van der Waals surface area contributed by atoms with Crippen molar-refractivity contribution in [1.82, 2.24) is 10.2 Å². The summed E-state index contributed by atoms with van der Waals surface area (Å²) in [6.07, 6.45) is 2.68. The minimum absolute atomic E-state index is 0.196. The molecule has 1 heterocycles. The van der Waals surface area contributed by atoms with Crippen LogP contribution in [0.4, 0.5) is 0 Å². The first kappa shape index (κ1) is 16.8. The zero-order valence-corrected chi connectivity index (χ0v) is 14.2. The highest BCUT2D eigenvalue weighted by atomic mass is 16.5. The molecule has 1 aliphatic rings. The Kier molecular flexibility index (Phi) is 5.83. The molecule has 1 amide bonds. The van der Waals surface area contributed by atoms with Gasteiger partial charge in [-0.25, -0.2) is 0 Å². The number of piperidine rings is 1. The van der Waals surface area contributed by atoms with Gasteiger partial charge in [0, 0.05) is 19.1 Å². The van der Waals surface area contributed by atoms with Gasteiger partial charge in [0.1, 0.15) is 5.75 Å². The van der Waals surface area contributed by atoms with Crippen molar-refractivity contribution in [2.24, 2.45) is 0 Å². The fourth-order valence-corrected chi connectivity index (χ4v) is 3.00. The molecule has 1 aromatic carbocycles. The number of rotatable bonds is 5. The summed E-state index contributed by atoms with van der Waals surface area (Å²) in [5.74, 6) is 1.10. The van der Waals surface area contributed by atoms with Crippen LogP contribution in [0.2, 0.25) is 0 Å². The molecule has 0 aliphatic carbocycles. The maximum atomic E-state index is 12.3. The van der Waals surface area contributed by atoms with Crippen LogP contribution in [0, 0.1) is 20.8 Å². The summed E-state index contributed by atoms with van der Waals surface area (Å²) < 4.78 is 5.85. The first-order valence-electron chi connectivity index (χ1n) is 8.17. The van der Waals surface area contributed by atoms with Gasteiger partial charge in [0.25, 0.3) is 0 Å². The molecule has 1 aromatic rings. The van der Waals surface area contributed by atoms with Gasteiger partial charge >= 0.3 is 0 Å². The van der Waals surface area contributed by atoms with Crippen molar-refractivity contribution in [3.05, 3.63) is 28.8 Å². The molecular weight excluding hydrogens is 276 g/mol. The Balaban J connectivity index is 1.84.